The summed E-state index contributed by atoms with van der Waals surface area (Å²) >= 11 is 2.86. The van der Waals surface area contributed by atoms with Gasteiger partial charge in [0, 0.05) is 0 Å². The Morgan fingerprint density at radius 2 is 0.958 bits per heavy atom. The summed E-state index contributed by atoms with van der Waals surface area (Å²) in [5, 5.41) is 4.41. The molecule has 124 valence electrons. The fourth-order valence-electron chi connectivity index (χ4n) is 3.71. The van der Waals surface area contributed by atoms with Gasteiger partial charge >= 0.3 is 159 Å². The molecule has 0 radical (unpaired) electrons. The molecule has 1 atom stereocenters. The molecule has 0 saturated carbocycles. The fraction of sp³-hybridized carbons (Fsp3) is 0.182. The molecule has 0 aliphatic heterocycles. The number of rotatable bonds is 5. The topological polar surface area (TPSA) is 0 Å². The molecule has 0 fully saturated rings. The van der Waals surface area contributed by atoms with Crippen molar-refractivity contribution in [1.82, 2.24) is 0 Å². The molecule has 0 bridgehead atoms. The minimum absolute atomic E-state index is 0.559. The second-order valence-corrected chi connectivity index (χ2v) is 16.9. The van der Waals surface area contributed by atoms with Crippen molar-refractivity contribution in [2.45, 2.75) is 25.9 Å². The maximum atomic E-state index is 2.86. The van der Waals surface area contributed by atoms with Crippen LogP contribution in [0.25, 0.3) is 0 Å². The van der Waals surface area contributed by atoms with Gasteiger partial charge in [-0.05, 0) is 0 Å². The fourth-order valence-corrected chi connectivity index (χ4v) is 13.2. The van der Waals surface area contributed by atoms with Gasteiger partial charge in [0.1, 0.15) is 0 Å². The monoisotopic (exact) mass is 446 g/mol. The van der Waals surface area contributed by atoms with Gasteiger partial charge in [-0.1, -0.05) is 0 Å². The van der Waals surface area contributed by atoms with Crippen molar-refractivity contribution >= 4 is 42.2 Å². The molecule has 0 spiro atoms. The van der Waals surface area contributed by atoms with E-state index in [2.05, 4.69) is 127 Å². The van der Waals surface area contributed by atoms with Crippen molar-refractivity contribution in [1.29, 1.82) is 0 Å². The SMILES string of the molecule is CCC(C)P(I)(c1ccccc1)(c1ccccc1)c1ccccc1. The Morgan fingerprint density at radius 3 is 1.21 bits per heavy atom. The average molecular weight is 446 g/mol. The number of hydrogen-bond acceptors (Lipinski definition) is 0. The number of hydrogen-bond donors (Lipinski definition) is 0. The van der Waals surface area contributed by atoms with Crippen LogP contribution < -0.4 is 15.9 Å². The van der Waals surface area contributed by atoms with E-state index in [1.165, 1.54) is 15.9 Å². The molecule has 0 amide bonds. The quantitative estimate of drug-likeness (QED) is 0.350. The van der Waals surface area contributed by atoms with Crippen LogP contribution in [0.4, 0.5) is 0 Å². The Kier molecular flexibility index (Phi) is 5.13. The van der Waals surface area contributed by atoms with E-state index in [0.29, 0.717) is 5.66 Å². The number of benzene rings is 3. The van der Waals surface area contributed by atoms with Crippen LogP contribution in [0.5, 0.6) is 0 Å². The summed E-state index contributed by atoms with van der Waals surface area (Å²) in [7, 11) is 0. The molecular formula is C22H24IP. The van der Waals surface area contributed by atoms with Crippen LogP contribution in [0.15, 0.2) is 91.0 Å². The van der Waals surface area contributed by atoms with Crippen LogP contribution >= 0.6 is 26.3 Å². The third-order valence-corrected chi connectivity index (χ3v) is 19.0. The van der Waals surface area contributed by atoms with E-state index < -0.39 is 4.25 Å². The van der Waals surface area contributed by atoms with Crippen LogP contribution in [0.1, 0.15) is 20.3 Å². The molecule has 0 heterocycles. The van der Waals surface area contributed by atoms with E-state index >= 15 is 0 Å². The zero-order chi connectivity index (χ0) is 17.1. The van der Waals surface area contributed by atoms with Crippen molar-refractivity contribution in [3.63, 3.8) is 0 Å². The third kappa shape index (κ3) is 2.53. The average Bonchev–Trinajstić information content (AvgIpc) is 2.69. The zero-order valence-corrected chi connectivity index (χ0v) is 17.3. The van der Waals surface area contributed by atoms with Crippen molar-refractivity contribution < 1.29 is 0 Å². The van der Waals surface area contributed by atoms with Gasteiger partial charge in [-0.3, -0.25) is 0 Å². The molecule has 24 heavy (non-hydrogen) atoms. The second-order valence-electron chi connectivity index (χ2n) is 6.34. The van der Waals surface area contributed by atoms with Crippen molar-refractivity contribution in [3.05, 3.63) is 91.0 Å². The Labute approximate surface area is 158 Å². The molecule has 3 rings (SSSR count). The maximum absolute atomic E-state index is 2.86. The standard InChI is InChI=1S/C22H24IP/c1-3-19(2)24(23,20-13-7-4-8-14-20,21-15-9-5-10-16-21)22-17-11-6-12-18-22/h4-19H,3H2,1-2H3. The molecular weight excluding hydrogens is 422 g/mol. The molecule has 0 saturated heterocycles. The molecule has 0 nitrogen and oxygen atoms in total. The van der Waals surface area contributed by atoms with E-state index in [-0.39, 0.29) is 0 Å². The van der Waals surface area contributed by atoms with Gasteiger partial charge in [-0.2, -0.15) is 0 Å². The van der Waals surface area contributed by atoms with E-state index in [9.17, 15) is 0 Å². The first-order valence-corrected chi connectivity index (χ1v) is 13.6. The Balaban J connectivity index is 2.48. The van der Waals surface area contributed by atoms with E-state index in [0.717, 1.165) is 6.42 Å². The van der Waals surface area contributed by atoms with Crippen molar-refractivity contribution in [3.8, 4) is 0 Å². The first-order valence-electron chi connectivity index (χ1n) is 8.52. The van der Waals surface area contributed by atoms with Crippen LogP contribution in [-0.2, 0) is 0 Å². The summed E-state index contributed by atoms with van der Waals surface area (Å²) in [6.45, 7) is 4.75. The van der Waals surface area contributed by atoms with Crippen LogP contribution in [0, 0.1) is 0 Å². The second kappa shape index (κ2) is 6.98. The van der Waals surface area contributed by atoms with Crippen LogP contribution in [0.2, 0.25) is 0 Å². The Morgan fingerprint density at radius 1 is 0.667 bits per heavy atom. The van der Waals surface area contributed by atoms with Gasteiger partial charge in [-0.25, -0.2) is 0 Å². The minimum atomic E-state index is -2.57. The van der Waals surface area contributed by atoms with Gasteiger partial charge in [0.15, 0.2) is 0 Å². The van der Waals surface area contributed by atoms with Crippen molar-refractivity contribution in [2.75, 3.05) is 0 Å². The molecule has 1 unspecified atom stereocenters. The first-order chi connectivity index (χ1) is 11.6. The zero-order valence-electron chi connectivity index (χ0n) is 14.3. The third-order valence-electron chi connectivity index (χ3n) is 5.20. The van der Waals surface area contributed by atoms with E-state index in [4.69, 9.17) is 0 Å². The molecule has 0 aliphatic carbocycles. The molecule has 0 N–H and O–H groups in total. The van der Waals surface area contributed by atoms with Crippen molar-refractivity contribution in [2.24, 2.45) is 0 Å². The van der Waals surface area contributed by atoms with Gasteiger partial charge in [0.2, 0.25) is 0 Å². The summed E-state index contributed by atoms with van der Waals surface area (Å²) in [6.07, 6.45) is 1.15. The van der Waals surface area contributed by atoms with Gasteiger partial charge in [0.25, 0.3) is 0 Å². The van der Waals surface area contributed by atoms with Crippen LogP contribution in [0.3, 0.4) is 0 Å². The van der Waals surface area contributed by atoms with Gasteiger partial charge < -0.3 is 0 Å². The Bertz CT molecular complexity index is 685. The summed E-state index contributed by atoms with van der Waals surface area (Å²) < 4.78 is -2.57. The van der Waals surface area contributed by atoms with Gasteiger partial charge in [-0.15, -0.1) is 0 Å². The summed E-state index contributed by atoms with van der Waals surface area (Å²) in [5.74, 6) is 0. The first kappa shape index (κ1) is 17.6. The summed E-state index contributed by atoms with van der Waals surface area (Å²) in [4.78, 5) is 0. The van der Waals surface area contributed by atoms with Crippen LogP contribution in [-0.4, -0.2) is 5.66 Å². The van der Waals surface area contributed by atoms with Gasteiger partial charge in [0.05, 0.1) is 0 Å². The predicted octanol–water partition coefficient (Wildman–Crippen LogP) is 5.66. The molecule has 2 heteroatoms. The van der Waals surface area contributed by atoms with E-state index in [1.54, 1.807) is 0 Å². The molecule has 3 aromatic carbocycles. The number of halogens is 1. The Hall–Kier alpha value is -1.18. The van der Waals surface area contributed by atoms with E-state index in [1.807, 2.05) is 0 Å². The molecule has 3 aromatic rings. The summed E-state index contributed by atoms with van der Waals surface area (Å²) in [6, 6.07) is 33.4. The predicted molar refractivity (Wildman–Crippen MR) is 119 cm³/mol. The molecule has 0 aliphatic rings. The molecule has 0 aromatic heterocycles. The normalized spacial score (nSPS) is 14.5. The summed E-state index contributed by atoms with van der Waals surface area (Å²) in [5.41, 5.74) is 0.559.